The number of H-pyrrole nitrogens is 1. The number of nitrogens with two attached hydrogens (primary N) is 1. The first kappa shape index (κ1) is 11.6. The number of phenols is 1. The van der Waals surface area contributed by atoms with Crippen LogP contribution in [0.25, 0.3) is 10.9 Å². The number of nitrogens with one attached hydrogen (secondary N) is 2. The normalized spacial score (nSPS) is 23.9. The van der Waals surface area contributed by atoms with Crippen molar-refractivity contribution in [2.75, 3.05) is 13.1 Å². The zero-order valence-corrected chi connectivity index (χ0v) is 10.5. The van der Waals surface area contributed by atoms with Crippen LogP contribution in [0.15, 0.2) is 18.2 Å². The van der Waals surface area contributed by atoms with E-state index in [4.69, 9.17) is 5.73 Å². The molecule has 2 heterocycles. The molecular weight excluding hydrogens is 226 g/mol. The summed E-state index contributed by atoms with van der Waals surface area (Å²) in [6.07, 6.45) is 1.12. The first-order valence-corrected chi connectivity index (χ1v) is 6.45. The van der Waals surface area contributed by atoms with Gasteiger partial charge in [0.05, 0.1) is 0 Å². The number of phenolic OH excluding ortho intramolecular Hbond substituents is 1. The fourth-order valence-corrected chi connectivity index (χ4v) is 3.09. The predicted octanol–water partition coefficient (Wildman–Crippen LogP) is 1.79. The number of fused-ring (bicyclic) bond motifs is 1. The third kappa shape index (κ3) is 1.69. The fraction of sp³-hybridized carbons (Fsp3) is 0.429. The van der Waals surface area contributed by atoms with E-state index in [-0.39, 0.29) is 0 Å². The zero-order valence-electron chi connectivity index (χ0n) is 10.5. The molecule has 96 valence electrons. The number of aryl methyl sites for hydroxylation is 1. The maximum absolute atomic E-state index is 9.67. The van der Waals surface area contributed by atoms with Crippen LogP contribution in [0.5, 0.6) is 5.75 Å². The summed E-state index contributed by atoms with van der Waals surface area (Å²) >= 11 is 0. The van der Waals surface area contributed by atoms with Crippen LogP contribution in [0.1, 0.15) is 23.7 Å². The van der Waals surface area contributed by atoms with Gasteiger partial charge >= 0.3 is 0 Å². The number of hydrogen-bond donors (Lipinski definition) is 4. The number of hydrogen-bond acceptors (Lipinski definition) is 3. The number of aromatic amines is 1. The molecule has 0 aliphatic carbocycles. The molecule has 1 aromatic carbocycles. The highest BCUT2D eigenvalue weighted by molar-refractivity contribution is 5.86. The summed E-state index contributed by atoms with van der Waals surface area (Å²) in [6, 6.07) is 5.77. The van der Waals surface area contributed by atoms with Crippen molar-refractivity contribution in [3.8, 4) is 5.75 Å². The van der Waals surface area contributed by atoms with Crippen LogP contribution in [0.4, 0.5) is 0 Å². The van der Waals surface area contributed by atoms with E-state index in [2.05, 4.69) is 17.2 Å². The summed E-state index contributed by atoms with van der Waals surface area (Å²) in [4.78, 5) is 3.38. The minimum atomic E-state index is 0.297. The van der Waals surface area contributed by atoms with E-state index in [1.807, 2.05) is 12.1 Å². The summed E-state index contributed by atoms with van der Waals surface area (Å²) in [6.45, 7) is 3.79. The monoisotopic (exact) mass is 245 g/mol. The van der Waals surface area contributed by atoms with Gasteiger partial charge in [-0.05, 0) is 56.1 Å². The van der Waals surface area contributed by atoms with Gasteiger partial charge in [0.1, 0.15) is 5.75 Å². The lowest BCUT2D eigenvalue weighted by atomic mass is 9.92. The Labute approximate surface area is 106 Å². The molecule has 0 spiro atoms. The summed E-state index contributed by atoms with van der Waals surface area (Å²) in [5, 5.41) is 14.3. The van der Waals surface area contributed by atoms with Crippen LogP contribution in [0.2, 0.25) is 0 Å². The van der Waals surface area contributed by atoms with Gasteiger partial charge in [0.2, 0.25) is 0 Å². The Kier molecular flexibility index (Phi) is 2.76. The lowest BCUT2D eigenvalue weighted by molar-refractivity contribution is 0.471. The Morgan fingerprint density at radius 2 is 2.28 bits per heavy atom. The van der Waals surface area contributed by atoms with E-state index in [1.54, 1.807) is 6.07 Å². The number of benzene rings is 1. The van der Waals surface area contributed by atoms with E-state index >= 15 is 0 Å². The minimum absolute atomic E-state index is 0.297. The molecule has 1 aliphatic heterocycles. The van der Waals surface area contributed by atoms with Crippen molar-refractivity contribution >= 4 is 10.9 Å². The van der Waals surface area contributed by atoms with Gasteiger partial charge in [0.15, 0.2) is 0 Å². The van der Waals surface area contributed by atoms with Crippen LogP contribution in [0.3, 0.4) is 0 Å². The molecule has 18 heavy (non-hydrogen) atoms. The lowest BCUT2D eigenvalue weighted by Crippen LogP contribution is -2.23. The zero-order chi connectivity index (χ0) is 12.7. The van der Waals surface area contributed by atoms with E-state index in [9.17, 15) is 5.11 Å². The molecule has 5 N–H and O–H groups in total. The molecule has 4 heteroatoms. The Morgan fingerprint density at radius 3 is 3.06 bits per heavy atom. The highest BCUT2D eigenvalue weighted by atomic mass is 16.3. The molecule has 2 unspecified atom stereocenters. The molecule has 3 rings (SSSR count). The van der Waals surface area contributed by atoms with Gasteiger partial charge in [-0.25, -0.2) is 0 Å². The van der Waals surface area contributed by atoms with E-state index in [1.165, 1.54) is 5.56 Å². The summed E-state index contributed by atoms with van der Waals surface area (Å²) in [5.74, 6) is 0.787. The summed E-state index contributed by atoms with van der Waals surface area (Å²) < 4.78 is 0. The molecule has 0 radical (unpaired) electrons. The SMILES string of the molecule is Cc1[nH]c2ccc(O)cc2c1C1NCCC1CN. The molecule has 1 saturated heterocycles. The van der Waals surface area contributed by atoms with E-state index in [0.717, 1.165) is 29.6 Å². The number of aromatic nitrogens is 1. The summed E-state index contributed by atoms with van der Waals surface area (Å²) in [5.41, 5.74) is 9.35. The smallest absolute Gasteiger partial charge is 0.116 e. The Balaban J connectivity index is 2.15. The summed E-state index contributed by atoms with van der Waals surface area (Å²) in [7, 11) is 0. The topological polar surface area (TPSA) is 74.1 Å². The molecule has 4 nitrogen and oxygen atoms in total. The fourth-order valence-electron chi connectivity index (χ4n) is 3.09. The van der Waals surface area contributed by atoms with Gasteiger partial charge in [0.25, 0.3) is 0 Å². The highest BCUT2D eigenvalue weighted by Gasteiger charge is 2.30. The third-order valence-electron chi connectivity index (χ3n) is 3.98. The first-order chi connectivity index (χ1) is 8.70. The van der Waals surface area contributed by atoms with Gasteiger partial charge in [-0.2, -0.15) is 0 Å². The molecule has 1 aliphatic rings. The molecule has 0 bridgehead atoms. The number of rotatable bonds is 2. The van der Waals surface area contributed by atoms with Crippen molar-refractivity contribution in [1.82, 2.24) is 10.3 Å². The Bertz CT molecular complexity index is 576. The molecule has 2 aromatic rings. The Hall–Kier alpha value is -1.52. The van der Waals surface area contributed by atoms with Gasteiger partial charge in [-0.3, -0.25) is 0 Å². The van der Waals surface area contributed by atoms with Gasteiger partial charge in [-0.1, -0.05) is 0 Å². The van der Waals surface area contributed by atoms with Crippen molar-refractivity contribution < 1.29 is 5.11 Å². The predicted molar refractivity (Wildman–Crippen MR) is 72.6 cm³/mol. The van der Waals surface area contributed by atoms with E-state index in [0.29, 0.717) is 24.3 Å². The van der Waals surface area contributed by atoms with Crippen LogP contribution < -0.4 is 11.1 Å². The molecular formula is C14H19N3O. The molecule has 1 fully saturated rings. The van der Waals surface area contributed by atoms with Crippen LogP contribution in [-0.4, -0.2) is 23.2 Å². The molecule has 0 amide bonds. The van der Waals surface area contributed by atoms with Gasteiger partial charge < -0.3 is 21.1 Å². The maximum atomic E-state index is 9.67. The van der Waals surface area contributed by atoms with Crippen molar-refractivity contribution in [1.29, 1.82) is 0 Å². The van der Waals surface area contributed by atoms with Crippen LogP contribution in [-0.2, 0) is 0 Å². The average Bonchev–Trinajstić information content (AvgIpc) is 2.91. The van der Waals surface area contributed by atoms with E-state index < -0.39 is 0 Å². The second kappa shape index (κ2) is 4.30. The number of aromatic hydroxyl groups is 1. The second-order valence-corrected chi connectivity index (χ2v) is 5.11. The minimum Gasteiger partial charge on any atom is -0.508 e. The van der Waals surface area contributed by atoms with Crippen molar-refractivity contribution in [3.05, 3.63) is 29.5 Å². The average molecular weight is 245 g/mol. The van der Waals surface area contributed by atoms with Crippen molar-refractivity contribution in [2.45, 2.75) is 19.4 Å². The molecule has 0 saturated carbocycles. The Morgan fingerprint density at radius 1 is 1.44 bits per heavy atom. The quantitative estimate of drug-likeness (QED) is 0.651. The standard InChI is InChI=1S/C14H19N3O/c1-8-13(14-9(7-15)4-5-16-14)11-6-10(18)2-3-12(11)17-8/h2-3,6,9,14,16-18H,4-5,7,15H2,1H3. The third-order valence-corrected chi connectivity index (χ3v) is 3.98. The lowest BCUT2D eigenvalue weighted by Gasteiger charge is -2.18. The van der Waals surface area contributed by atoms with Crippen molar-refractivity contribution in [2.24, 2.45) is 11.7 Å². The van der Waals surface area contributed by atoms with Crippen LogP contribution in [0, 0.1) is 12.8 Å². The molecule has 1 aromatic heterocycles. The first-order valence-electron chi connectivity index (χ1n) is 6.45. The van der Waals surface area contributed by atoms with Gasteiger partial charge in [0, 0.05) is 22.6 Å². The van der Waals surface area contributed by atoms with Gasteiger partial charge in [-0.15, -0.1) is 0 Å². The maximum Gasteiger partial charge on any atom is 0.116 e. The van der Waals surface area contributed by atoms with Crippen LogP contribution >= 0.6 is 0 Å². The van der Waals surface area contributed by atoms with Crippen molar-refractivity contribution in [3.63, 3.8) is 0 Å². The highest BCUT2D eigenvalue weighted by Crippen LogP contribution is 2.36. The second-order valence-electron chi connectivity index (χ2n) is 5.11. The largest absolute Gasteiger partial charge is 0.508 e. The molecule has 2 atom stereocenters.